The van der Waals surface area contributed by atoms with Gasteiger partial charge in [-0.2, -0.15) is 0 Å². The maximum Gasteiger partial charge on any atom is 0.256 e. The Morgan fingerprint density at radius 1 is 1.28 bits per heavy atom. The van der Waals surface area contributed by atoms with Crippen molar-refractivity contribution in [1.82, 2.24) is 9.80 Å². The Morgan fingerprint density at radius 3 is 2.55 bits per heavy atom. The third-order valence-corrected chi connectivity index (χ3v) is 5.55. The summed E-state index contributed by atoms with van der Waals surface area (Å²) in [5, 5.41) is 11.7. The van der Waals surface area contributed by atoms with Gasteiger partial charge in [0.05, 0.1) is 25.7 Å². The molecule has 2 aliphatic heterocycles. The van der Waals surface area contributed by atoms with Crippen molar-refractivity contribution >= 4 is 17.8 Å². The topological polar surface area (TPSA) is 99.2 Å². The fraction of sp³-hybridized carbons (Fsp3) is 0.571. The highest BCUT2D eigenvalue weighted by atomic mass is 16.5. The van der Waals surface area contributed by atoms with E-state index in [2.05, 4.69) is 0 Å². The highest BCUT2D eigenvalue weighted by molar-refractivity contribution is 5.97. The number of hydrogen-bond donors (Lipinski definition) is 0. The first-order chi connectivity index (χ1) is 13.8. The van der Waals surface area contributed by atoms with Gasteiger partial charge in [0.25, 0.3) is 5.91 Å². The number of hydrogen-bond acceptors (Lipinski definition) is 6. The summed E-state index contributed by atoms with van der Waals surface area (Å²) in [6.07, 6.45) is 1.18. The van der Waals surface area contributed by atoms with Crippen molar-refractivity contribution < 1.29 is 29.0 Å². The quantitative estimate of drug-likeness (QED) is 0.716. The number of amides is 2. The fourth-order valence-electron chi connectivity index (χ4n) is 4.03. The second kappa shape index (κ2) is 8.41. The Kier molecular flexibility index (Phi) is 6.12. The van der Waals surface area contributed by atoms with E-state index in [9.17, 15) is 19.5 Å². The van der Waals surface area contributed by atoms with Crippen LogP contribution >= 0.6 is 0 Å². The third-order valence-electron chi connectivity index (χ3n) is 5.55. The molecule has 0 aliphatic carbocycles. The molecule has 2 heterocycles. The molecule has 0 bridgehead atoms. The zero-order valence-corrected chi connectivity index (χ0v) is 17.1. The number of ether oxygens (including phenoxy) is 2. The van der Waals surface area contributed by atoms with Crippen LogP contribution in [-0.2, 0) is 14.3 Å². The molecule has 3 rings (SSSR count). The van der Waals surface area contributed by atoms with Crippen LogP contribution < -0.4 is 9.84 Å². The Bertz CT molecular complexity index is 785. The molecular weight excluding hydrogens is 376 g/mol. The van der Waals surface area contributed by atoms with Crippen molar-refractivity contribution in [2.24, 2.45) is 5.92 Å². The molecule has 2 aliphatic rings. The smallest absolute Gasteiger partial charge is 0.256 e. The second-order valence-electron chi connectivity index (χ2n) is 7.98. The van der Waals surface area contributed by atoms with Crippen molar-refractivity contribution in [3.8, 4) is 5.75 Å². The van der Waals surface area contributed by atoms with E-state index in [1.54, 1.807) is 29.2 Å². The molecule has 1 aromatic carbocycles. The average Bonchev–Trinajstić information content (AvgIpc) is 3.06. The lowest BCUT2D eigenvalue weighted by Crippen LogP contribution is -2.60. The van der Waals surface area contributed by atoms with Crippen LogP contribution in [-0.4, -0.2) is 66.2 Å². The highest BCUT2D eigenvalue weighted by Gasteiger charge is 2.52. The van der Waals surface area contributed by atoms with E-state index < -0.39 is 23.6 Å². The number of aliphatic carboxylic acids is 1. The van der Waals surface area contributed by atoms with E-state index in [0.717, 1.165) is 0 Å². The first-order valence-electron chi connectivity index (χ1n) is 9.88. The minimum atomic E-state index is -1.35. The predicted octanol–water partition coefficient (Wildman–Crippen LogP) is 0.651. The summed E-state index contributed by atoms with van der Waals surface area (Å²) in [5.41, 5.74) is -0.738. The molecule has 0 N–H and O–H groups in total. The van der Waals surface area contributed by atoms with Crippen molar-refractivity contribution in [2.45, 2.75) is 44.9 Å². The van der Waals surface area contributed by atoms with Gasteiger partial charge in [-0.25, -0.2) is 0 Å². The van der Waals surface area contributed by atoms with Crippen LogP contribution in [0.1, 0.15) is 43.5 Å². The van der Waals surface area contributed by atoms with Gasteiger partial charge in [0.1, 0.15) is 11.5 Å². The molecule has 0 unspecified atom stereocenters. The lowest BCUT2D eigenvalue weighted by atomic mass is 9.96. The number of carboxylic acids is 1. The summed E-state index contributed by atoms with van der Waals surface area (Å²) in [4.78, 5) is 40.4. The average molecular weight is 403 g/mol. The molecule has 1 aromatic rings. The van der Waals surface area contributed by atoms with Crippen LogP contribution in [0.25, 0.3) is 0 Å². The largest absolute Gasteiger partial charge is 0.548 e. The number of rotatable bonds is 5. The fourth-order valence-corrected chi connectivity index (χ4v) is 4.03. The monoisotopic (exact) mass is 403 g/mol. The zero-order valence-electron chi connectivity index (χ0n) is 17.1. The molecule has 1 atom stereocenters. The number of carbonyl (C=O) groups excluding carboxylic acids is 3. The first kappa shape index (κ1) is 21.1. The Morgan fingerprint density at radius 2 is 1.97 bits per heavy atom. The summed E-state index contributed by atoms with van der Waals surface area (Å²) in [6.45, 7) is 4.67. The number of carbonyl (C=O) groups is 3. The normalized spacial score (nSPS) is 20.9. The number of piperidine rings is 1. The molecule has 0 radical (unpaired) electrons. The maximum atomic E-state index is 13.3. The second-order valence-corrected chi connectivity index (χ2v) is 7.98. The van der Waals surface area contributed by atoms with Crippen LogP contribution in [0.4, 0.5) is 0 Å². The van der Waals surface area contributed by atoms with Crippen LogP contribution in [0.5, 0.6) is 5.75 Å². The van der Waals surface area contributed by atoms with E-state index in [1.165, 1.54) is 12.0 Å². The Labute approximate surface area is 170 Å². The number of likely N-dealkylation sites (tertiary alicyclic amines) is 1. The number of methoxy groups -OCH3 is 1. The maximum absolute atomic E-state index is 13.3. The summed E-state index contributed by atoms with van der Waals surface area (Å²) < 4.78 is 11.1. The third kappa shape index (κ3) is 4.22. The molecule has 8 nitrogen and oxygen atoms in total. The summed E-state index contributed by atoms with van der Waals surface area (Å²) in [6, 6.07) is 5.40. The number of benzene rings is 1. The van der Waals surface area contributed by atoms with E-state index >= 15 is 0 Å². The van der Waals surface area contributed by atoms with Crippen molar-refractivity contribution in [2.75, 3.05) is 26.8 Å². The van der Waals surface area contributed by atoms with Gasteiger partial charge in [-0.1, -0.05) is 19.9 Å². The minimum absolute atomic E-state index is 0.0648. The van der Waals surface area contributed by atoms with E-state index in [0.29, 0.717) is 43.7 Å². The standard InChI is InChI=1S/C21H28N2O6/c1-14(2)11-18(24)22-9-7-21(8-10-22)23(17(13-29-21)20(26)27)19(25)15-5-4-6-16(12-15)28-3/h4-6,12,14,17H,7-11,13H2,1-3H3,(H,26,27)/p-1/t17-/m1/s1. The number of nitrogens with zero attached hydrogens (tertiary/aromatic N) is 2. The van der Waals surface area contributed by atoms with Gasteiger partial charge in [-0.3, -0.25) is 14.5 Å². The van der Waals surface area contributed by atoms with E-state index in [4.69, 9.17) is 9.47 Å². The van der Waals surface area contributed by atoms with Crippen LogP contribution in [0.15, 0.2) is 24.3 Å². The van der Waals surface area contributed by atoms with Crippen molar-refractivity contribution in [3.63, 3.8) is 0 Å². The van der Waals surface area contributed by atoms with Gasteiger partial charge >= 0.3 is 0 Å². The molecule has 0 saturated carbocycles. The molecule has 0 aromatic heterocycles. The predicted molar refractivity (Wildman–Crippen MR) is 102 cm³/mol. The first-order valence-corrected chi connectivity index (χ1v) is 9.88. The van der Waals surface area contributed by atoms with Crippen LogP contribution in [0.3, 0.4) is 0 Å². The van der Waals surface area contributed by atoms with Crippen molar-refractivity contribution in [1.29, 1.82) is 0 Å². The zero-order chi connectivity index (χ0) is 21.2. The highest BCUT2D eigenvalue weighted by Crippen LogP contribution is 2.38. The molecule has 1 spiro atoms. The molecular formula is C21H27N2O6-. The van der Waals surface area contributed by atoms with Gasteiger partial charge < -0.3 is 24.3 Å². The van der Waals surface area contributed by atoms with Crippen LogP contribution in [0.2, 0.25) is 0 Å². The lowest BCUT2D eigenvalue weighted by molar-refractivity contribution is -0.310. The minimum Gasteiger partial charge on any atom is -0.548 e. The van der Waals surface area contributed by atoms with E-state index in [-0.39, 0.29) is 18.4 Å². The molecule has 2 saturated heterocycles. The van der Waals surface area contributed by atoms with Crippen molar-refractivity contribution in [3.05, 3.63) is 29.8 Å². The lowest BCUT2D eigenvalue weighted by Gasteiger charge is -2.45. The van der Waals surface area contributed by atoms with Crippen LogP contribution in [0, 0.1) is 5.92 Å². The summed E-state index contributed by atoms with van der Waals surface area (Å²) in [7, 11) is 1.50. The molecule has 2 amide bonds. The summed E-state index contributed by atoms with van der Waals surface area (Å²) >= 11 is 0. The SMILES string of the molecule is COc1cccc(C(=O)N2[C@@H](C(=O)[O-])COC23CCN(C(=O)CC(C)C)CC3)c1. The van der Waals surface area contributed by atoms with Gasteiger partial charge in [-0.15, -0.1) is 0 Å². The van der Waals surface area contributed by atoms with Gasteiger partial charge in [0.15, 0.2) is 0 Å². The number of carboxylic acid groups (broad SMARTS) is 1. The molecule has 2 fully saturated rings. The van der Waals surface area contributed by atoms with E-state index in [1.807, 2.05) is 13.8 Å². The van der Waals surface area contributed by atoms with Gasteiger partial charge in [-0.05, 0) is 24.1 Å². The van der Waals surface area contributed by atoms with Gasteiger partial charge in [0, 0.05) is 37.9 Å². The molecule has 158 valence electrons. The Balaban J connectivity index is 1.83. The Hall–Kier alpha value is -2.61. The summed E-state index contributed by atoms with van der Waals surface area (Å²) in [5.74, 6) is -0.970. The molecule has 29 heavy (non-hydrogen) atoms. The molecule has 8 heteroatoms. The van der Waals surface area contributed by atoms with Gasteiger partial charge in [0.2, 0.25) is 5.91 Å².